The van der Waals surface area contributed by atoms with Crippen LogP contribution in [-0.4, -0.2) is 17.1 Å². The summed E-state index contributed by atoms with van der Waals surface area (Å²) in [5, 5.41) is 2.14. The molecule has 1 fully saturated rings. The van der Waals surface area contributed by atoms with Gasteiger partial charge in [0.2, 0.25) is 0 Å². The highest BCUT2D eigenvalue weighted by atomic mass is 32.1. The summed E-state index contributed by atoms with van der Waals surface area (Å²) < 4.78 is 0. The highest BCUT2D eigenvalue weighted by molar-refractivity contribution is 7.09. The molecule has 2 heterocycles. The molecule has 4 heteroatoms. The van der Waals surface area contributed by atoms with Gasteiger partial charge >= 0.3 is 0 Å². The maximum atomic E-state index is 6.01. The highest BCUT2D eigenvalue weighted by Crippen LogP contribution is 2.32. The van der Waals surface area contributed by atoms with Crippen molar-refractivity contribution in [2.75, 3.05) is 4.90 Å². The molecule has 0 amide bonds. The summed E-state index contributed by atoms with van der Waals surface area (Å²) in [6.07, 6.45) is 6.49. The summed E-state index contributed by atoms with van der Waals surface area (Å²) in [6.45, 7) is 3.10. The van der Waals surface area contributed by atoms with Crippen LogP contribution in [0.1, 0.15) is 36.6 Å². The lowest BCUT2D eigenvalue weighted by Gasteiger charge is -2.23. The van der Waals surface area contributed by atoms with Gasteiger partial charge in [-0.05, 0) is 48.8 Å². The first-order valence-corrected chi connectivity index (χ1v) is 8.63. The van der Waals surface area contributed by atoms with E-state index in [1.807, 2.05) is 17.5 Å². The van der Waals surface area contributed by atoms with Crippen LogP contribution in [-0.2, 0) is 13.0 Å². The fourth-order valence-electron chi connectivity index (χ4n) is 2.51. The van der Waals surface area contributed by atoms with Gasteiger partial charge in [-0.25, -0.2) is 4.98 Å². The minimum absolute atomic E-state index is 0.239. The molecule has 2 aromatic heterocycles. The van der Waals surface area contributed by atoms with Crippen LogP contribution in [0, 0.1) is 0 Å². The van der Waals surface area contributed by atoms with E-state index in [4.69, 9.17) is 5.73 Å². The number of hydrogen-bond acceptors (Lipinski definition) is 4. The topological polar surface area (TPSA) is 42.1 Å². The lowest BCUT2D eigenvalue weighted by molar-refractivity contribution is 0.644. The molecule has 2 aromatic rings. The number of nitrogens with two attached hydrogens (primary N) is 1. The second-order valence-electron chi connectivity index (χ2n) is 5.84. The number of hydrogen-bond donors (Lipinski definition) is 1. The summed E-state index contributed by atoms with van der Waals surface area (Å²) in [7, 11) is 0. The fraction of sp³-hybridized carbons (Fsp3) is 0.471. The molecule has 2 N–H and O–H groups in total. The number of anilines is 1. The minimum Gasteiger partial charge on any atom is -0.348 e. The maximum Gasteiger partial charge on any atom is 0.129 e. The molecule has 3 nitrogen and oxygen atoms in total. The zero-order valence-corrected chi connectivity index (χ0v) is 13.4. The van der Waals surface area contributed by atoms with Crippen molar-refractivity contribution in [3.8, 4) is 0 Å². The molecule has 1 aliphatic carbocycles. The normalized spacial score (nSPS) is 15.9. The van der Waals surface area contributed by atoms with Crippen molar-refractivity contribution in [2.45, 2.75) is 51.2 Å². The van der Waals surface area contributed by atoms with Crippen LogP contribution in [0.5, 0.6) is 0 Å². The van der Waals surface area contributed by atoms with Crippen molar-refractivity contribution in [1.82, 2.24) is 4.98 Å². The first-order valence-electron chi connectivity index (χ1n) is 7.75. The van der Waals surface area contributed by atoms with Gasteiger partial charge in [0.25, 0.3) is 0 Å². The summed E-state index contributed by atoms with van der Waals surface area (Å²) in [5.41, 5.74) is 7.25. The number of rotatable bonds is 7. The third-order valence-corrected chi connectivity index (χ3v) is 4.88. The molecule has 3 rings (SSSR count). The fourth-order valence-corrected chi connectivity index (χ4v) is 3.21. The molecule has 112 valence electrons. The van der Waals surface area contributed by atoms with Gasteiger partial charge in [0.15, 0.2) is 0 Å². The highest BCUT2D eigenvalue weighted by Gasteiger charge is 2.30. The largest absolute Gasteiger partial charge is 0.348 e. The van der Waals surface area contributed by atoms with E-state index in [1.54, 1.807) is 0 Å². The van der Waals surface area contributed by atoms with E-state index in [-0.39, 0.29) is 6.04 Å². The molecule has 0 bridgehead atoms. The van der Waals surface area contributed by atoms with Crippen molar-refractivity contribution in [3.63, 3.8) is 0 Å². The average Bonchev–Trinajstić information content (AvgIpc) is 3.22. The molecular formula is C17H23N3S. The van der Waals surface area contributed by atoms with Gasteiger partial charge in [-0.3, -0.25) is 0 Å². The second kappa shape index (κ2) is 6.58. The Labute approximate surface area is 130 Å². The summed E-state index contributed by atoms with van der Waals surface area (Å²) >= 11 is 1.82. The van der Waals surface area contributed by atoms with Gasteiger partial charge in [0, 0.05) is 23.2 Å². The van der Waals surface area contributed by atoms with Crippen LogP contribution in [0.15, 0.2) is 35.8 Å². The Kier molecular flexibility index (Phi) is 4.56. The molecule has 1 atom stereocenters. The first-order chi connectivity index (χ1) is 10.3. The molecule has 1 saturated carbocycles. The molecule has 0 saturated heterocycles. The van der Waals surface area contributed by atoms with Crippen LogP contribution < -0.4 is 10.6 Å². The predicted molar refractivity (Wildman–Crippen MR) is 89.7 cm³/mol. The Morgan fingerprint density at radius 3 is 2.81 bits per heavy atom. The number of thiophene rings is 1. The van der Waals surface area contributed by atoms with E-state index in [9.17, 15) is 0 Å². The minimum atomic E-state index is 0.239. The predicted octanol–water partition coefficient (Wildman–Crippen LogP) is 3.59. The molecule has 1 aliphatic rings. The Morgan fingerprint density at radius 2 is 2.24 bits per heavy atom. The van der Waals surface area contributed by atoms with Crippen molar-refractivity contribution >= 4 is 17.2 Å². The average molecular weight is 301 g/mol. The van der Waals surface area contributed by atoms with Crippen molar-refractivity contribution in [3.05, 3.63) is 46.3 Å². The molecule has 0 radical (unpaired) electrons. The lowest BCUT2D eigenvalue weighted by atomic mass is 10.1. The number of aromatic nitrogens is 1. The van der Waals surface area contributed by atoms with E-state index >= 15 is 0 Å². The van der Waals surface area contributed by atoms with Crippen molar-refractivity contribution in [1.29, 1.82) is 0 Å². The molecular weight excluding hydrogens is 278 g/mol. The molecule has 21 heavy (non-hydrogen) atoms. The summed E-state index contributed by atoms with van der Waals surface area (Å²) in [6, 6.07) is 9.57. The third-order valence-electron chi connectivity index (χ3n) is 4.02. The monoisotopic (exact) mass is 301 g/mol. The SMILES string of the molecule is CCC(N)Cc1ccc(N(Cc2cccs2)C2CC2)nc1. The Hall–Kier alpha value is -1.39. The van der Waals surface area contributed by atoms with Crippen LogP contribution >= 0.6 is 11.3 Å². The second-order valence-corrected chi connectivity index (χ2v) is 6.87. The van der Waals surface area contributed by atoms with Crippen molar-refractivity contribution in [2.24, 2.45) is 5.73 Å². The van der Waals surface area contributed by atoms with Crippen LogP contribution in [0.3, 0.4) is 0 Å². The van der Waals surface area contributed by atoms with E-state index in [1.165, 1.54) is 23.3 Å². The van der Waals surface area contributed by atoms with Crippen LogP contribution in [0.25, 0.3) is 0 Å². The van der Waals surface area contributed by atoms with E-state index in [0.717, 1.165) is 25.2 Å². The zero-order chi connectivity index (χ0) is 14.7. The van der Waals surface area contributed by atoms with Crippen molar-refractivity contribution < 1.29 is 0 Å². The summed E-state index contributed by atoms with van der Waals surface area (Å²) in [4.78, 5) is 8.53. The van der Waals surface area contributed by atoms with Gasteiger partial charge in [-0.1, -0.05) is 19.1 Å². The smallest absolute Gasteiger partial charge is 0.129 e. The van der Waals surface area contributed by atoms with Gasteiger partial charge < -0.3 is 10.6 Å². The van der Waals surface area contributed by atoms with E-state index in [0.29, 0.717) is 6.04 Å². The zero-order valence-electron chi connectivity index (χ0n) is 12.5. The van der Waals surface area contributed by atoms with Crippen LogP contribution in [0.4, 0.5) is 5.82 Å². The van der Waals surface area contributed by atoms with Gasteiger partial charge in [-0.2, -0.15) is 0 Å². The molecule has 1 unspecified atom stereocenters. The van der Waals surface area contributed by atoms with E-state index < -0.39 is 0 Å². The first kappa shape index (κ1) is 14.5. The molecule has 0 aliphatic heterocycles. The molecule has 0 aromatic carbocycles. The molecule has 0 spiro atoms. The van der Waals surface area contributed by atoms with Gasteiger partial charge in [0.05, 0.1) is 6.54 Å². The summed E-state index contributed by atoms with van der Waals surface area (Å²) in [5.74, 6) is 1.10. The van der Waals surface area contributed by atoms with Gasteiger partial charge in [-0.15, -0.1) is 11.3 Å². The quantitative estimate of drug-likeness (QED) is 0.849. The van der Waals surface area contributed by atoms with Crippen LogP contribution in [0.2, 0.25) is 0 Å². The Balaban J connectivity index is 1.71. The Bertz CT molecular complexity index is 546. The Morgan fingerprint density at radius 1 is 1.38 bits per heavy atom. The third kappa shape index (κ3) is 3.83. The number of pyridine rings is 1. The standard InChI is InChI=1S/C17H23N3S/c1-2-14(18)10-13-5-8-17(19-11-13)20(15-6-7-15)12-16-4-3-9-21-16/h3-5,8-9,11,14-15H,2,6-7,10,12,18H2,1H3. The van der Waals surface area contributed by atoms with Gasteiger partial charge in [0.1, 0.15) is 5.82 Å². The number of nitrogens with zero attached hydrogens (tertiary/aromatic N) is 2. The maximum absolute atomic E-state index is 6.01. The lowest BCUT2D eigenvalue weighted by Crippen LogP contribution is -2.26. The van der Waals surface area contributed by atoms with E-state index in [2.05, 4.69) is 46.5 Å².